The molecule has 0 bridgehead atoms. The van der Waals surface area contributed by atoms with E-state index in [0.717, 1.165) is 49.9 Å². The van der Waals surface area contributed by atoms with Crippen LogP contribution in [0.4, 0.5) is 4.39 Å². The Labute approximate surface area is 236 Å². The molecule has 3 aliphatic rings. The highest BCUT2D eigenvalue weighted by molar-refractivity contribution is 7.99. The molecule has 0 radical (unpaired) electrons. The smallest absolute Gasteiger partial charge is 0.327 e. The van der Waals surface area contributed by atoms with Crippen LogP contribution in [0.2, 0.25) is 10.0 Å². The van der Waals surface area contributed by atoms with Crippen molar-refractivity contribution in [2.45, 2.75) is 50.6 Å². The zero-order chi connectivity index (χ0) is 27.0. The summed E-state index contributed by atoms with van der Waals surface area (Å²) < 4.78 is 21.3. The number of piperidine rings is 1. The molecular weight excluding hydrogens is 550 g/mol. The first-order chi connectivity index (χ1) is 18.2. The predicted molar refractivity (Wildman–Crippen MR) is 148 cm³/mol. The molecule has 10 heteroatoms. The highest BCUT2D eigenvalue weighted by atomic mass is 35.5. The van der Waals surface area contributed by atoms with Gasteiger partial charge >= 0.3 is 5.97 Å². The maximum Gasteiger partial charge on any atom is 0.327 e. The lowest BCUT2D eigenvalue weighted by molar-refractivity contribution is -0.140. The first-order valence-electron chi connectivity index (χ1n) is 13.0. The van der Waals surface area contributed by atoms with E-state index in [0.29, 0.717) is 34.1 Å². The lowest BCUT2D eigenvalue weighted by atomic mass is 9.95. The number of hydrogen-bond donors (Lipinski definition) is 1. The molecule has 0 spiro atoms. The summed E-state index contributed by atoms with van der Waals surface area (Å²) in [5.74, 6) is -0.671. The van der Waals surface area contributed by atoms with Gasteiger partial charge in [-0.15, -0.1) is 11.8 Å². The van der Waals surface area contributed by atoms with Crippen molar-refractivity contribution in [3.05, 3.63) is 62.9 Å². The maximum absolute atomic E-state index is 15.2. The van der Waals surface area contributed by atoms with Gasteiger partial charge in [-0.2, -0.15) is 0 Å². The van der Waals surface area contributed by atoms with Crippen molar-refractivity contribution in [3.63, 3.8) is 0 Å². The summed E-state index contributed by atoms with van der Waals surface area (Å²) in [6.07, 6.45) is 3.85. The number of carbonyl (C=O) groups excluding carboxylic acids is 1. The van der Waals surface area contributed by atoms with E-state index in [1.807, 2.05) is 12.1 Å². The number of rotatable bonds is 8. The molecule has 2 aromatic carbocycles. The first kappa shape index (κ1) is 27.6. The number of thioether (sulfide) groups is 1. The molecule has 2 aliphatic heterocycles. The number of hydrogen-bond acceptors (Lipinski definition) is 5. The Morgan fingerprint density at radius 3 is 2.42 bits per heavy atom. The third kappa shape index (κ3) is 6.09. The molecule has 1 unspecified atom stereocenters. The third-order valence-electron chi connectivity index (χ3n) is 7.81. The van der Waals surface area contributed by atoms with Crippen molar-refractivity contribution >= 4 is 46.8 Å². The van der Waals surface area contributed by atoms with Crippen molar-refractivity contribution in [2.75, 3.05) is 31.3 Å². The van der Waals surface area contributed by atoms with E-state index in [9.17, 15) is 14.7 Å². The number of aliphatic carboxylic acids is 1. The monoisotopic (exact) mass is 580 g/mol. The number of likely N-dealkylation sites (tertiary alicyclic amines) is 1. The maximum atomic E-state index is 15.2. The SMILES string of the molecule is CC(c1cc(Cl)cc(Cl)c1)N1CCC(COc2cc(F)c(C(=O)N3CSC[C@H]3C(=O)O)cc2C2CC2)CC1. The second-order valence-electron chi connectivity index (χ2n) is 10.4. The Balaban J connectivity index is 1.22. The number of carboxylic acid groups (broad SMARTS) is 1. The molecule has 5 rings (SSSR count). The molecule has 3 fully saturated rings. The van der Waals surface area contributed by atoms with Crippen LogP contribution in [0, 0.1) is 11.7 Å². The van der Waals surface area contributed by atoms with Crippen LogP contribution >= 0.6 is 35.0 Å². The summed E-state index contributed by atoms with van der Waals surface area (Å²) in [6.45, 7) is 4.47. The number of carboxylic acids is 1. The van der Waals surface area contributed by atoms with Crippen LogP contribution in [-0.2, 0) is 4.79 Å². The van der Waals surface area contributed by atoms with Gasteiger partial charge in [0.05, 0.1) is 18.0 Å². The molecule has 6 nitrogen and oxygen atoms in total. The van der Waals surface area contributed by atoms with Gasteiger partial charge in [0.2, 0.25) is 0 Å². The predicted octanol–water partition coefficient (Wildman–Crippen LogP) is 6.46. The minimum Gasteiger partial charge on any atom is -0.493 e. The second kappa shape index (κ2) is 11.6. The molecule has 1 amide bonds. The van der Waals surface area contributed by atoms with Crippen molar-refractivity contribution in [3.8, 4) is 5.75 Å². The van der Waals surface area contributed by atoms with Crippen molar-refractivity contribution in [1.29, 1.82) is 0 Å². The number of ether oxygens (including phenoxy) is 1. The molecule has 2 saturated heterocycles. The number of nitrogens with zero attached hydrogens (tertiary/aromatic N) is 2. The van der Waals surface area contributed by atoms with Crippen LogP contribution in [-0.4, -0.2) is 64.2 Å². The van der Waals surface area contributed by atoms with Gasteiger partial charge in [-0.1, -0.05) is 23.2 Å². The van der Waals surface area contributed by atoms with Crippen LogP contribution < -0.4 is 4.74 Å². The number of halogens is 3. The first-order valence-corrected chi connectivity index (χ1v) is 14.9. The fourth-order valence-electron chi connectivity index (χ4n) is 5.32. The topological polar surface area (TPSA) is 70.1 Å². The number of amides is 1. The van der Waals surface area contributed by atoms with E-state index >= 15 is 4.39 Å². The van der Waals surface area contributed by atoms with Gasteiger partial charge in [0.15, 0.2) is 0 Å². The average molecular weight is 582 g/mol. The Bertz CT molecular complexity index is 1200. The summed E-state index contributed by atoms with van der Waals surface area (Å²) in [6, 6.07) is 7.83. The number of benzene rings is 2. The normalized spacial score (nSPS) is 21.5. The minimum atomic E-state index is -1.07. The minimum absolute atomic E-state index is 0.0728. The van der Waals surface area contributed by atoms with Crippen molar-refractivity contribution < 1.29 is 23.8 Å². The van der Waals surface area contributed by atoms with E-state index in [1.54, 1.807) is 12.1 Å². The second-order valence-corrected chi connectivity index (χ2v) is 12.3. The lowest BCUT2D eigenvalue weighted by Crippen LogP contribution is -2.42. The molecule has 204 valence electrons. The molecule has 2 heterocycles. The van der Waals surface area contributed by atoms with Crippen LogP contribution in [0.5, 0.6) is 5.75 Å². The van der Waals surface area contributed by atoms with Gasteiger partial charge in [0, 0.05) is 27.9 Å². The summed E-state index contributed by atoms with van der Waals surface area (Å²) >= 11 is 13.7. The van der Waals surface area contributed by atoms with Gasteiger partial charge < -0.3 is 14.7 Å². The zero-order valence-electron chi connectivity index (χ0n) is 21.2. The van der Waals surface area contributed by atoms with Gasteiger partial charge in [-0.25, -0.2) is 9.18 Å². The van der Waals surface area contributed by atoms with Crippen LogP contribution in [0.25, 0.3) is 0 Å². The lowest BCUT2D eigenvalue weighted by Gasteiger charge is -2.36. The van der Waals surface area contributed by atoms with E-state index in [-0.39, 0.29) is 23.4 Å². The Morgan fingerprint density at radius 1 is 1.11 bits per heavy atom. The Kier molecular flexibility index (Phi) is 8.43. The molecule has 1 saturated carbocycles. The molecule has 2 atom stereocenters. The van der Waals surface area contributed by atoms with E-state index in [1.165, 1.54) is 22.7 Å². The summed E-state index contributed by atoms with van der Waals surface area (Å²) in [7, 11) is 0. The van der Waals surface area contributed by atoms with Gasteiger partial charge in [0.25, 0.3) is 5.91 Å². The molecular formula is C28H31Cl2FN2O4S. The third-order valence-corrected chi connectivity index (χ3v) is 9.26. The summed E-state index contributed by atoms with van der Waals surface area (Å²) in [5.41, 5.74) is 1.87. The standard InChI is InChI=1S/C28H31Cl2FN2O4S/c1-16(19-8-20(29)10-21(30)9-19)32-6-4-17(5-7-32)13-37-26-12-24(31)23(11-22(26)18-2-3-18)27(34)33-15-38-14-25(33)28(35)36/h8-12,16-18,25H,2-7,13-15H2,1H3,(H,35,36)/t16?,25-/m0/s1. The van der Waals surface area contributed by atoms with Gasteiger partial charge in [0.1, 0.15) is 17.6 Å². The van der Waals surface area contributed by atoms with Crippen molar-refractivity contribution in [2.24, 2.45) is 5.92 Å². The molecule has 1 aliphatic carbocycles. The molecule has 38 heavy (non-hydrogen) atoms. The molecule has 2 aromatic rings. The van der Waals surface area contributed by atoms with Gasteiger partial charge in [-0.05, 0) is 92.9 Å². The Morgan fingerprint density at radius 2 is 1.79 bits per heavy atom. The molecule has 0 aromatic heterocycles. The average Bonchev–Trinajstić information content (AvgIpc) is 3.61. The van der Waals surface area contributed by atoms with Gasteiger partial charge in [-0.3, -0.25) is 9.69 Å². The quantitative estimate of drug-likeness (QED) is 0.386. The van der Waals surface area contributed by atoms with E-state index < -0.39 is 23.7 Å². The molecule has 1 N–H and O–H groups in total. The van der Waals surface area contributed by atoms with Crippen LogP contribution in [0.3, 0.4) is 0 Å². The number of carbonyl (C=O) groups is 2. The Hall–Kier alpha value is -2.00. The van der Waals surface area contributed by atoms with E-state index in [4.69, 9.17) is 27.9 Å². The van der Waals surface area contributed by atoms with Crippen molar-refractivity contribution in [1.82, 2.24) is 9.80 Å². The van der Waals surface area contributed by atoms with Crippen LogP contribution in [0.15, 0.2) is 30.3 Å². The zero-order valence-corrected chi connectivity index (χ0v) is 23.5. The highest BCUT2D eigenvalue weighted by Gasteiger charge is 2.37. The highest BCUT2D eigenvalue weighted by Crippen LogP contribution is 2.45. The summed E-state index contributed by atoms with van der Waals surface area (Å²) in [4.78, 5) is 28.3. The fraction of sp³-hybridized carbons (Fsp3) is 0.500. The van der Waals surface area contributed by atoms with Crippen LogP contribution in [0.1, 0.15) is 66.1 Å². The fourth-order valence-corrected chi connectivity index (χ4v) is 7.01. The van der Waals surface area contributed by atoms with E-state index in [2.05, 4.69) is 11.8 Å². The summed E-state index contributed by atoms with van der Waals surface area (Å²) in [5, 5.41) is 10.7. The largest absolute Gasteiger partial charge is 0.493 e.